The topological polar surface area (TPSA) is 22.0 Å². The Kier molecular flexibility index (Phi) is 3.19. The highest BCUT2D eigenvalue weighted by atomic mass is 16.1. The van der Waals surface area contributed by atoms with Gasteiger partial charge in [-0.2, -0.15) is 0 Å². The fraction of sp³-hybridized carbons (Fsp3) is 0.0417. The molecule has 5 rings (SSSR count). The van der Waals surface area contributed by atoms with Gasteiger partial charge in [0.25, 0.3) is 0 Å². The molecule has 0 spiro atoms. The molecule has 0 N–H and O–H groups in total. The van der Waals surface area contributed by atoms with Crippen molar-refractivity contribution in [3.05, 3.63) is 102 Å². The van der Waals surface area contributed by atoms with Crippen molar-refractivity contribution in [2.45, 2.75) is 6.92 Å². The lowest BCUT2D eigenvalue weighted by molar-refractivity contribution is 0.103. The number of rotatable bonds is 2. The van der Waals surface area contributed by atoms with Crippen molar-refractivity contribution in [3.8, 4) is 28.1 Å². The van der Waals surface area contributed by atoms with Gasteiger partial charge in [-0.1, -0.05) is 72.3 Å². The molecular formula is C24H17NO. The Morgan fingerprint density at radius 3 is 2.08 bits per heavy atom. The third kappa shape index (κ3) is 2.09. The highest BCUT2D eigenvalue weighted by Gasteiger charge is 2.32. The maximum atomic E-state index is 13.2. The molecule has 2 heteroatoms. The van der Waals surface area contributed by atoms with Crippen molar-refractivity contribution in [1.82, 2.24) is 4.57 Å². The molecule has 0 saturated heterocycles. The first-order chi connectivity index (χ1) is 12.7. The molecule has 2 nitrogen and oxygen atoms in total. The second kappa shape index (κ2) is 5.57. The first-order valence-electron chi connectivity index (χ1n) is 8.76. The summed E-state index contributed by atoms with van der Waals surface area (Å²) in [6.45, 7) is 2.07. The summed E-state index contributed by atoms with van der Waals surface area (Å²) in [6.07, 6.45) is 0. The van der Waals surface area contributed by atoms with E-state index in [-0.39, 0.29) is 5.78 Å². The van der Waals surface area contributed by atoms with Crippen LogP contribution in [0.1, 0.15) is 21.6 Å². The van der Waals surface area contributed by atoms with E-state index in [4.69, 9.17) is 0 Å². The molecule has 0 atom stereocenters. The molecule has 0 bridgehead atoms. The highest BCUT2D eigenvalue weighted by Crippen LogP contribution is 2.42. The van der Waals surface area contributed by atoms with Gasteiger partial charge in [-0.3, -0.25) is 4.79 Å². The van der Waals surface area contributed by atoms with Crippen molar-refractivity contribution in [2.24, 2.45) is 0 Å². The quantitative estimate of drug-likeness (QED) is 0.408. The Labute approximate surface area is 152 Å². The van der Waals surface area contributed by atoms with Gasteiger partial charge in [0.15, 0.2) is 0 Å². The molecule has 3 aromatic carbocycles. The van der Waals surface area contributed by atoms with Gasteiger partial charge in [-0.05, 0) is 36.2 Å². The summed E-state index contributed by atoms with van der Waals surface area (Å²) in [6, 6.07) is 28.6. The average Bonchev–Trinajstić information content (AvgIpc) is 3.20. The van der Waals surface area contributed by atoms with Gasteiger partial charge in [0.2, 0.25) is 5.78 Å². The van der Waals surface area contributed by atoms with Gasteiger partial charge in [-0.15, -0.1) is 0 Å². The third-order valence-electron chi connectivity index (χ3n) is 5.04. The molecule has 0 aliphatic heterocycles. The zero-order valence-corrected chi connectivity index (χ0v) is 14.4. The number of nitrogens with zero attached hydrogens (tertiary/aromatic N) is 1. The van der Waals surface area contributed by atoms with Crippen LogP contribution in [0.4, 0.5) is 0 Å². The fourth-order valence-corrected chi connectivity index (χ4v) is 3.77. The van der Waals surface area contributed by atoms with Gasteiger partial charge in [0, 0.05) is 16.8 Å². The lowest BCUT2D eigenvalue weighted by atomic mass is 10.1. The molecule has 124 valence electrons. The Balaban J connectivity index is 1.84. The van der Waals surface area contributed by atoms with E-state index in [1.807, 2.05) is 42.5 Å². The molecule has 1 aromatic heterocycles. The molecule has 4 aromatic rings. The van der Waals surface area contributed by atoms with Crippen LogP contribution >= 0.6 is 0 Å². The summed E-state index contributed by atoms with van der Waals surface area (Å²) < 4.78 is 2.10. The van der Waals surface area contributed by atoms with Gasteiger partial charge in [0.05, 0.1) is 5.69 Å². The van der Waals surface area contributed by atoms with Crippen LogP contribution in [0.25, 0.3) is 28.1 Å². The van der Waals surface area contributed by atoms with Crippen molar-refractivity contribution in [3.63, 3.8) is 0 Å². The lowest BCUT2D eigenvalue weighted by Crippen LogP contribution is -2.07. The first kappa shape index (κ1) is 14.9. The number of aryl methyl sites for hydroxylation is 1. The monoisotopic (exact) mass is 335 g/mol. The Morgan fingerprint density at radius 1 is 0.692 bits per heavy atom. The molecule has 0 unspecified atom stereocenters. The van der Waals surface area contributed by atoms with E-state index in [2.05, 4.69) is 54.0 Å². The maximum Gasteiger partial charge on any atom is 0.211 e. The van der Waals surface area contributed by atoms with Crippen LogP contribution in [-0.4, -0.2) is 10.4 Å². The average molecular weight is 335 g/mol. The normalized spacial score (nSPS) is 12.1. The molecular weight excluding hydrogens is 318 g/mol. The smallest absolute Gasteiger partial charge is 0.211 e. The predicted octanol–water partition coefficient (Wildman–Crippen LogP) is 5.66. The molecule has 26 heavy (non-hydrogen) atoms. The van der Waals surface area contributed by atoms with Crippen molar-refractivity contribution in [2.75, 3.05) is 0 Å². The van der Waals surface area contributed by atoms with E-state index in [9.17, 15) is 4.79 Å². The zero-order valence-electron chi connectivity index (χ0n) is 14.4. The number of hydrogen-bond donors (Lipinski definition) is 0. The largest absolute Gasteiger partial charge is 0.306 e. The minimum absolute atomic E-state index is 0.0957. The van der Waals surface area contributed by atoms with E-state index in [0.717, 1.165) is 39.3 Å². The van der Waals surface area contributed by atoms with E-state index in [1.165, 1.54) is 5.56 Å². The second-order valence-corrected chi connectivity index (χ2v) is 6.70. The SMILES string of the molecule is Cc1ccc(-n2c(-c3ccccc3)cc3c2C(=O)c2ccccc2-3)cc1. The Hall–Kier alpha value is -3.39. The number of carbonyl (C=O) groups is 1. The summed E-state index contributed by atoms with van der Waals surface area (Å²) in [4.78, 5) is 13.2. The van der Waals surface area contributed by atoms with Crippen molar-refractivity contribution < 1.29 is 4.79 Å². The predicted molar refractivity (Wildman–Crippen MR) is 105 cm³/mol. The van der Waals surface area contributed by atoms with Gasteiger partial charge in [-0.25, -0.2) is 0 Å². The van der Waals surface area contributed by atoms with Gasteiger partial charge < -0.3 is 4.57 Å². The molecule has 0 saturated carbocycles. The Morgan fingerprint density at radius 2 is 1.35 bits per heavy atom. The van der Waals surface area contributed by atoms with E-state index in [1.54, 1.807) is 0 Å². The van der Waals surface area contributed by atoms with Crippen LogP contribution in [0.5, 0.6) is 0 Å². The molecule has 0 amide bonds. The Bertz CT molecular complexity index is 1130. The minimum atomic E-state index is 0.0957. The standard InChI is InChI=1S/C24H17NO/c1-16-11-13-18(14-12-16)25-22(17-7-3-2-4-8-17)15-21-19-9-5-6-10-20(19)24(26)23(21)25/h2-15H,1H3. The molecule has 1 aliphatic carbocycles. The van der Waals surface area contributed by atoms with E-state index in [0.29, 0.717) is 0 Å². The van der Waals surface area contributed by atoms with Gasteiger partial charge in [0.1, 0.15) is 5.69 Å². The summed E-state index contributed by atoms with van der Waals surface area (Å²) >= 11 is 0. The summed E-state index contributed by atoms with van der Waals surface area (Å²) in [7, 11) is 0. The van der Waals surface area contributed by atoms with Crippen LogP contribution in [0.2, 0.25) is 0 Å². The van der Waals surface area contributed by atoms with E-state index >= 15 is 0 Å². The number of fused-ring (bicyclic) bond motifs is 3. The summed E-state index contributed by atoms with van der Waals surface area (Å²) in [5.41, 5.74) is 7.95. The minimum Gasteiger partial charge on any atom is -0.306 e. The molecule has 1 aliphatic rings. The molecule has 0 radical (unpaired) electrons. The second-order valence-electron chi connectivity index (χ2n) is 6.70. The van der Waals surface area contributed by atoms with Gasteiger partial charge >= 0.3 is 0 Å². The first-order valence-corrected chi connectivity index (χ1v) is 8.76. The zero-order chi connectivity index (χ0) is 17.7. The van der Waals surface area contributed by atoms with Crippen molar-refractivity contribution in [1.29, 1.82) is 0 Å². The summed E-state index contributed by atoms with van der Waals surface area (Å²) in [5, 5.41) is 0. The lowest BCUT2D eigenvalue weighted by Gasteiger charge is -2.13. The fourth-order valence-electron chi connectivity index (χ4n) is 3.77. The van der Waals surface area contributed by atoms with Crippen LogP contribution in [0.15, 0.2) is 84.9 Å². The van der Waals surface area contributed by atoms with E-state index < -0.39 is 0 Å². The van der Waals surface area contributed by atoms with Crippen LogP contribution in [-0.2, 0) is 0 Å². The molecule has 1 heterocycles. The highest BCUT2D eigenvalue weighted by molar-refractivity contribution is 6.22. The van der Waals surface area contributed by atoms with Crippen molar-refractivity contribution >= 4 is 5.78 Å². The van der Waals surface area contributed by atoms with Crippen LogP contribution in [0, 0.1) is 6.92 Å². The number of ketones is 1. The third-order valence-corrected chi connectivity index (χ3v) is 5.04. The number of carbonyl (C=O) groups excluding carboxylic acids is 1. The number of benzene rings is 3. The maximum absolute atomic E-state index is 13.2. The number of hydrogen-bond acceptors (Lipinski definition) is 1. The van der Waals surface area contributed by atoms with Crippen LogP contribution < -0.4 is 0 Å². The molecule has 0 fully saturated rings. The van der Waals surface area contributed by atoms with Crippen LogP contribution in [0.3, 0.4) is 0 Å². The summed E-state index contributed by atoms with van der Waals surface area (Å²) in [5.74, 6) is 0.0957. The number of aromatic nitrogens is 1.